The van der Waals surface area contributed by atoms with Crippen molar-refractivity contribution in [2.24, 2.45) is 0 Å². The number of carbonyl (C=O) groups is 4. The zero-order chi connectivity index (χ0) is 38.6. The third kappa shape index (κ3) is 8.28. The molecule has 1 aliphatic rings. The molecule has 0 bridgehead atoms. The summed E-state index contributed by atoms with van der Waals surface area (Å²) in [5.74, 6) is -9.96. The molecule has 8 N–H and O–H groups in total. The lowest BCUT2D eigenvalue weighted by Crippen LogP contribution is -2.33. The summed E-state index contributed by atoms with van der Waals surface area (Å²) in [5, 5.41) is 79.8. The number of hydrogen-bond acceptors (Lipinski definition) is 15. The minimum absolute atomic E-state index is 0.0629. The molecule has 1 aliphatic heterocycles. The molecule has 0 fully saturated rings. The van der Waals surface area contributed by atoms with Gasteiger partial charge in [0.15, 0.2) is 46.0 Å². The predicted octanol–water partition coefficient (Wildman–Crippen LogP) is 3.42. The van der Waals surface area contributed by atoms with Crippen molar-refractivity contribution in [1.82, 2.24) is 0 Å². The molecular weight excluding hydrogens is 700 g/mol. The monoisotopic (exact) mass is 732 g/mol. The van der Waals surface area contributed by atoms with Gasteiger partial charge in [0.1, 0.15) is 12.0 Å². The first-order chi connectivity index (χ1) is 25.2. The first-order valence-electron chi connectivity index (χ1n) is 15.6. The summed E-state index contributed by atoms with van der Waals surface area (Å²) in [6.45, 7) is 0. The fraction of sp³-hybridized carbons (Fsp3) is 0.189. The number of rotatable bonds is 12. The number of fused-ring (bicyclic) bond motifs is 1. The number of methoxy groups -OCH3 is 1. The number of carbonyl (C=O) groups excluding carboxylic acids is 3. The van der Waals surface area contributed by atoms with Crippen LogP contribution in [-0.2, 0) is 46.2 Å². The smallest absolute Gasteiger partial charge is 0.347 e. The number of hydrogen-bond donors (Lipinski definition) is 8. The second kappa shape index (κ2) is 15.4. The molecule has 0 unspecified atom stereocenters. The van der Waals surface area contributed by atoms with Crippen LogP contribution in [0.4, 0.5) is 0 Å². The summed E-state index contributed by atoms with van der Waals surface area (Å²) in [7, 11) is 1.07. The summed E-state index contributed by atoms with van der Waals surface area (Å²) in [6, 6.07) is 13.3. The van der Waals surface area contributed by atoms with Crippen molar-refractivity contribution >= 4 is 30.0 Å². The van der Waals surface area contributed by atoms with Crippen molar-refractivity contribution in [2.45, 2.75) is 37.1 Å². The number of ether oxygens (including phenoxy) is 4. The van der Waals surface area contributed by atoms with Crippen LogP contribution in [0.1, 0.15) is 39.8 Å². The standard InChI is InChI=1S/C37H32O16/c1-50-36(48)29(15-18-3-8-22(39)26(43)13-18)51-30(45)11-6-19-4-10-24(41)34-31(19)32(33(53-34)20-5-9-23(40)27(44)16-20)37(49)52-28(35(46)47)14-17-2-7-21(38)25(42)12-17/h2-13,16,28-29,32-33,38-44H,14-15H2,1H3,(H,46,47)/b11-6+/t28-,29-,32+,33-/m1/s1. The van der Waals surface area contributed by atoms with Gasteiger partial charge >= 0.3 is 23.9 Å². The molecular formula is C37H32O16. The fourth-order valence-electron chi connectivity index (χ4n) is 5.61. The highest BCUT2D eigenvalue weighted by atomic mass is 16.6. The van der Waals surface area contributed by atoms with Gasteiger partial charge in [-0.05, 0) is 70.8 Å². The molecule has 53 heavy (non-hydrogen) atoms. The van der Waals surface area contributed by atoms with E-state index in [1.807, 2.05) is 0 Å². The lowest BCUT2D eigenvalue weighted by molar-refractivity contribution is -0.166. The second-order valence-electron chi connectivity index (χ2n) is 11.8. The zero-order valence-corrected chi connectivity index (χ0v) is 27.6. The maximum absolute atomic E-state index is 14.0. The average Bonchev–Trinajstić information content (AvgIpc) is 3.53. The Kier molecular flexibility index (Phi) is 10.8. The van der Waals surface area contributed by atoms with E-state index in [-0.39, 0.29) is 34.4 Å². The molecule has 0 saturated carbocycles. The number of carboxylic acid groups (broad SMARTS) is 1. The Bertz CT molecular complexity index is 2100. The number of phenols is 7. The maximum atomic E-state index is 14.0. The number of esters is 3. The number of benzene rings is 4. The zero-order valence-electron chi connectivity index (χ0n) is 27.6. The summed E-state index contributed by atoms with van der Waals surface area (Å²) in [6.07, 6.45) is -3.31. The van der Waals surface area contributed by atoms with Crippen molar-refractivity contribution in [3.8, 4) is 46.0 Å². The Labute approximate surface area is 299 Å². The molecule has 0 spiro atoms. The lowest BCUT2D eigenvalue weighted by Gasteiger charge is -2.22. The van der Waals surface area contributed by atoms with Crippen molar-refractivity contribution in [1.29, 1.82) is 0 Å². The minimum atomic E-state index is -1.83. The molecule has 276 valence electrons. The van der Waals surface area contributed by atoms with E-state index in [0.29, 0.717) is 5.56 Å². The van der Waals surface area contributed by atoms with Gasteiger partial charge in [-0.1, -0.05) is 24.3 Å². The Morgan fingerprint density at radius 2 is 1.25 bits per heavy atom. The topological polar surface area (TPSA) is 267 Å². The average molecular weight is 733 g/mol. The molecule has 1 heterocycles. The normalized spacial score (nSPS) is 15.9. The SMILES string of the molecule is COC(=O)[C@@H](Cc1ccc(O)c(O)c1)OC(=O)/C=C/c1ccc(O)c2c1[C@H](C(=O)O[C@H](Cc1ccc(O)c(O)c1)C(=O)O)[C@@H](c1ccc(O)c(O)c1)O2. The van der Waals surface area contributed by atoms with Gasteiger partial charge in [-0.3, -0.25) is 4.79 Å². The van der Waals surface area contributed by atoms with Crippen LogP contribution in [0.2, 0.25) is 0 Å². The maximum Gasteiger partial charge on any atom is 0.347 e. The summed E-state index contributed by atoms with van der Waals surface area (Å²) in [5.41, 5.74) is 0.623. The third-order valence-electron chi connectivity index (χ3n) is 8.23. The number of aliphatic carboxylic acids is 1. The lowest BCUT2D eigenvalue weighted by atomic mass is 9.87. The van der Waals surface area contributed by atoms with E-state index in [9.17, 15) is 60.0 Å². The van der Waals surface area contributed by atoms with Gasteiger partial charge in [-0.2, -0.15) is 0 Å². The highest BCUT2D eigenvalue weighted by molar-refractivity contribution is 5.92. The van der Waals surface area contributed by atoms with Crippen LogP contribution in [0.25, 0.3) is 6.08 Å². The van der Waals surface area contributed by atoms with Crippen molar-refractivity contribution in [3.63, 3.8) is 0 Å². The van der Waals surface area contributed by atoms with Crippen LogP contribution in [0.3, 0.4) is 0 Å². The van der Waals surface area contributed by atoms with Gasteiger partial charge < -0.3 is 59.8 Å². The molecule has 0 saturated heterocycles. The molecule has 0 aromatic heterocycles. The highest BCUT2D eigenvalue weighted by Gasteiger charge is 2.46. The molecule has 4 aromatic carbocycles. The van der Waals surface area contributed by atoms with Crippen LogP contribution < -0.4 is 4.74 Å². The molecule has 5 rings (SSSR count). The van der Waals surface area contributed by atoms with Crippen molar-refractivity contribution in [3.05, 3.63) is 101 Å². The van der Waals surface area contributed by atoms with E-state index in [0.717, 1.165) is 37.5 Å². The third-order valence-corrected chi connectivity index (χ3v) is 8.23. The van der Waals surface area contributed by atoms with Crippen LogP contribution in [0.15, 0.2) is 72.8 Å². The van der Waals surface area contributed by atoms with Gasteiger partial charge in [-0.15, -0.1) is 0 Å². The van der Waals surface area contributed by atoms with E-state index in [4.69, 9.17) is 18.9 Å². The van der Waals surface area contributed by atoms with E-state index >= 15 is 0 Å². The van der Waals surface area contributed by atoms with E-state index in [1.54, 1.807) is 0 Å². The van der Waals surface area contributed by atoms with Gasteiger partial charge in [0, 0.05) is 24.5 Å². The first kappa shape index (κ1) is 37.2. The first-order valence-corrected chi connectivity index (χ1v) is 15.6. The highest BCUT2D eigenvalue weighted by Crippen LogP contribution is 2.53. The largest absolute Gasteiger partial charge is 0.504 e. The summed E-state index contributed by atoms with van der Waals surface area (Å²) < 4.78 is 21.5. The van der Waals surface area contributed by atoms with Crippen LogP contribution >= 0.6 is 0 Å². The molecule has 0 amide bonds. The molecule has 16 nitrogen and oxygen atoms in total. The van der Waals surface area contributed by atoms with Crippen LogP contribution in [0, 0.1) is 0 Å². The summed E-state index contributed by atoms with van der Waals surface area (Å²) in [4.78, 5) is 51.7. The van der Waals surface area contributed by atoms with E-state index in [2.05, 4.69) is 0 Å². The number of carboxylic acids is 1. The molecule has 0 aliphatic carbocycles. The Morgan fingerprint density at radius 3 is 1.79 bits per heavy atom. The van der Waals surface area contributed by atoms with Gasteiger partial charge in [0.05, 0.1) is 7.11 Å². The van der Waals surface area contributed by atoms with Gasteiger partial charge in [-0.25, -0.2) is 14.4 Å². The predicted molar refractivity (Wildman–Crippen MR) is 179 cm³/mol. The minimum Gasteiger partial charge on any atom is -0.504 e. The van der Waals surface area contributed by atoms with Gasteiger partial charge in [0.2, 0.25) is 12.2 Å². The Hall–Kier alpha value is -7.10. The van der Waals surface area contributed by atoms with Crippen LogP contribution in [0.5, 0.6) is 46.0 Å². The second-order valence-corrected chi connectivity index (χ2v) is 11.8. The number of aromatic hydroxyl groups is 7. The Balaban J connectivity index is 1.48. The van der Waals surface area contributed by atoms with Crippen molar-refractivity contribution in [2.75, 3.05) is 7.11 Å². The molecule has 16 heteroatoms. The Morgan fingerprint density at radius 1 is 0.698 bits per heavy atom. The molecule has 0 radical (unpaired) electrons. The van der Waals surface area contributed by atoms with Crippen molar-refractivity contribution < 1.29 is 79.0 Å². The molecule has 4 aromatic rings. The number of phenolic OH excluding ortho intramolecular Hbond substituents is 7. The fourth-order valence-corrected chi connectivity index (χ4v) is 5.61. The van der Waals surface area contributed by atoms with Gasteiger partial charge in [0.25, 0.3) is 0 Å². The van der Waals surface area contributed by atoms with E-state index < -0.39 is 94.8 Å². The molecule has 4 atom stereocenters. The van der Waals surface area contributed by atoms with Crippen LogP contribution in [-0.4, -0.2) is 84.0 Å². The summed E-state index contributed by atoms with van der Waals surface area (Å²) >= 11 is 0. The van der Waals surface area contributed by atoms with E-state index in [1.165, 1.54) is 48.5 Å². The quantitative estimate of drug-likeness (QED) is 0.0449.